The molecule has 0 aliphatic carbocycles. The molecule has 2 aromatic rings. The number of alkyl halides is 3. The van der Waals surface area contributed by atoms with E-state index >= 15 is 0 Å². The summed E-state index contributed by atoms with van der Waals surface area (Å²) in [5.74, 6) is -0.0831. The third-order valence-electron chi connectivity index (χ3n) is 3.53. The number of thioether (sulfide) groups is 1. The molecule has 2 rings (SSSR count). The normalized spacial score (nSPS) is 12.7. The minimum atomic E-state index is -4.35. The average molecular weight is 371 g/mol. The van der Waals surface area contributed by atoms with E-state index in [0.29, 0.717) is 12.3 Å². The summed E-state index contributed by atoms with van der Waals surface area (Å²) in [4.78, 5) is 12.0. The van der Waals surface area contributed by atoms with Gasteiger partial charge in [0.05, 0.1) is 10.8 Å². The molecule has 134 valence electrons. The van der Waals surface area contributed by atoms with E-state index in [1.165, 1.54) is 36.0 Å². The van der Waals surface area contributed by atoms with Crippen LogP contribution in [0, 0.1) is 5.82 Å². The van der Waals surface area contributed by atoms with Gasteiger partial charge in [-0.2, -0.15) is 13.2 Å². The van der Waals surface area contributed by atoms with E-state index in [9.17, 15) is 22.4 Å². The van der Waals surface area contributed by atoms with Gasteiger partial charge >= 0.3 is 6.18 Å². The zero-order valence-corrected chi connectivity index (χ0v) is 14.3. The van der Waals surface area contributed by atoms with E-state index in [4.69, 9.17) is 0 Å². The Morgan fingerprint density at radius 3 is 2.16 bits per heavy atom. The summed E-state index contributed by atoms with van der Waals surface area (Å²) >= 11 is 1.34. The third-order valence-corrected chi connectivity index (χ3v) is 4.74. The molecular formula is C18H17F4NOS. The number of benzene rings is 2. The highest BCUT2D eigenvalue weighted by molar-refractivity contribution is 7.99. The summed E-state index contributed by atoms with van der Waals surface area (Å²) in [6.45, 7) is 2.03. The number of halogens is 4. The maximum Gasteiger partial charge on any atom is 0.416 e. The molecule has 0 saturated heterocycles. The van der Waals surface area contributed by atoms with E-state index in [2.05, 4.69) is 5.32 Å². The second-order valence-electron chi connectivity index (χ2n) is 5.49. The summed E-state index contributed by atoms with van der Waals surface area (Å²) in [7, 11) is 0. The van der Waals surface area contributed by atoms with Crippen molar-refractivity contribution in [2.24, 2.45) is 0 Å². The topological polar surface area (TPSA) is 29.1 Å². The Balaban J connectivity index is 1.79. The molecule has 0 aromatic heterocycles. The van der Waals surface area contributed by atoms with E-state index in [1.54, 1.807) is 19.1 Å². The van der Waals surface area contributed by atoms with Gasteiger partial charge in [0.25, 0.3) is 0 Å². The smallest absolute Gasteiger partial charge is 0.351 e. The Labute approximate surface area is 147 Å². The summed E-state index contributed by atoms with van der Waals surface area (Å²) in [5.41, 5.74) is 0.817. The first kappa shape index (κ1) is 19.3. The van der Waals surface area contributed by atoms with E-state index in [0.717, 1.165) is 23.3 Å². The summed E-state index contributed by atoms with van der Waals surface area (Å²) in [6, 6.07) is 10.7. The van der Waals surface area contributed by atoms with Crippen LogP contribution in [0.3, 0.4) is 0 Å². The molecule has 0 radical (unpaired) electrons. The Morgan fingerprint density at radius 2 is 1.60 bits per heavy atom. The molecule has 2 aromatic carbocycles. The molecule has 0 saturated carbocycles. The molecule has 0 aliphatic rings. The lowest BCUT2D eigenvalue weighted by molar-refractivity contribution is -0.137. The molecule has 0 fully saturated rings. The molecule has 1 amide bonds. The molecule has 0 aliphatic heterocycles. The Hall–Kier alpha value is -2.02. The fraction of sp³-hybridized carbons (Fsp3) is 0.278. The van der Waals surface area contributed by atoms with Crippen molar-refractivity contribution < 1.29 is 22.4 Å². The maximum atomic E-state index is 12.8. The van der Waals surface area contributed by atoms with Gasteiger partial charge in [-0.05, 0) is 42.3 Å². The number of carbonyl (C=O) groups is 1. The third kappa shape index (κ3) is 6.08. The summed E-state index contributed by atoms with van der Waals surface area (Å²) in [5, 5.41) is 2.39. The van der Waals surface area contributed by atoms with Crippen molar-refractivity contribution in [3.63, 3.8) is 0 Å². The monoisotopic (exact) mass is 371 g/mol. The SMILES string of the molecule is C[C@@H](SCc1ccc(C(F)(F)F)cc1)C(=O)NCc1ccc(F)cc1. The van der Waals surface area contributed by atoms with Gasteiger partial charge in [-0.15, -0.1) is 11.8 Å². The van der Waals surface area contributed by atoms with Gasteiger partial charge in [-0.3, -0.25) is 4.79 Å². The molecule has 7 heteroatoms. The standard InChI is InChI=1S/C18H17F4NOS/c1-12(17(24)23-10-13-4-8-16(19)9-5-13)25-11-14-2-6-15(7-3-14)18(20,21)22/h2-9,12H,10-11H2,1H3,(H,23,24)/t12-/m1/s1. The fourth-order valence-electron chi connectivity index (χ4n) is 2.02. The van der Waals surface area contributed by atoms with Crippen LogP contribution >= 0.6 is 11.8 Å². The summed E-state index contributed by atoms with van der Waals surface area (Å²) in [6.07, 6.45) is -4.35. The first-order valence-electron chi connectivity index (χ1n) is 7.55. The Kier molecular flexibility index (Phi) is 6.47. The minimum Gasteiger partial charge on any atom is -0.351 e. The second-order valence-corrected chi connectivity index (χ2v) is 6.82. The maximum absolute atomic E-state index is 12.8. The van der Waals surface area contributed by atoms with Crippen LogP contribution in [0.2, 0.25) is 0 Å². The van der Waals surface area contributed by atoms with Gasteiger partial charge in [0, 0.05) is 12.3 Å². The van der Waals surface area contributed by atoms with Crippen LogP contribution in [-0.4, -0.2) is 11.2 Å². The van der Waals surface area contributed by atoms with Crippen LogP contribution in [0.15, 0.2) is 48.5 Å². The lowest BCUT2D eigenvalue weighted by Crippen LogP contribution is -2.30. The molecule has 0 heterocycles. The molecule has 0 unspecified atom stereocenters. The van der Waals surface area contributed by atoms with E-state index in [1.807, 2.05) is 0 Å². The largest absolute Gasteiger partial charge is 0.416 e. The number of amides is 1. The fourth-order valence-corrected chi connectivity index (χ4v) is 2.89. The van der Waals surface area contributed by atoms with Crippen LogP contribution < -0.4 is 5.32 Å². The highest BCUT2D eigenvalue weighted by Gasteiger charge is 2.29. The van der Waals surface area contributed by atoms with Crippen molar-refractivity contribution in [3.05, 3.63) is 71.0 Å². The lowest BCUT2D eigenvalue weighted by atomic mass is 10.1. The molecular weight excluding hydrogens is 354 g/mol. The van der Waals surface area contributed by atoms with Crippen molar-refractivity contribution in [2.75, 3.05) is 0 Å². The van der Waals surface area contributed by atoms with Crippen LogP contribution in [0.5, 0.6) is 0 Å². The van der Waals surface area contributed by atoms with Crippen LogP contribution in [0.4, 0.5) is 17.6 Å². The highest BCUT2D eigenvalue weighted by atomic mass is 32.2. The van der Waals surface area contributed by atoms with Gasteiger partial charge in [-0.1, -0.05) is 24.3 Å². The van der Waals surface area contributed by atoms with Crippen molar-refractivity contribution in [1.29, 1.82) is 0 Å². The van der Waals surface area contributed by atoms with Crippen molar-refractivity contribution >= 4 is 17.7 Å². The van der Waals surface area contributed by atoms with Gasteiger partial charge in [0.15, 0.2) is 0 Å². The Bertz CT molecular complexity index is 699. The van der Waals surface area contributed by atoms with Crippen molar-refractivity contribution in [1.82, 2.24) is 5.32 Å². The minimum absolute atomic E-state index is 0.179. The molecule has 1 atom stereocenters. The highest BCUT2D eigenvalue weighted by Crippen LogP contribution is 2.29. The lowest BCUT2D eigenvalue weighted by Gasteiger charge is -2.13. The van der Waals surface area contributed by atoms with Gasteiger partial charge in [0.1, 0.15) is 5.82 Å². The van der Waals surface area contributed by atoms with Crippen LogP contribution in [0.25, 0.3) is 0 Å². The van der Waals surface area contributed by atoms with E-state index in [-0.39, 0.29) is 17.0 Å². The van der Waals surface area contributed by atoms with Gasteiger partial charge < -0.3 is 5.32 Å². The van der Waals surface area contributed by atoms with Gasteiger partial charge in [0.2, 0.25) is 5.91 Å². The number of hydrogen-bond donors (Lipinski definition) is 1. The average Bonchev–Trinajstić information content (AvgIpc) is 2.58. The number of hydrogen-bond acceptors (Lipinski definition) is 2. The molecule has 25 heavy (non-hydrogen) atoms. The Morgan fingerprint density at radius 1 is 1.04 bits per heavy atom. The number of carbonyl (C=O) groups excluding carboxylic acids is 1. The first-order valence-corrected chi connectivity index (χ1v) is 8.60. The first-order chi connectivity index (χ1) is 11.8. The molecule has 0 bridgehead atoms. The predicted molar refractivity (Wildman–Crippen MR) is 90.4 cm³/mol. The predicted octanol–water partition coefficient (Wildman–Crippen LogP) is 4.78. The van der Waals surface area contributed by atoms with Crippen LogP contribution in [0.1, 0.15) is 23.6 Å². The van der Waals surface area contributed by atoms with Crippen molar-refractivity contribution in [3.8, 4) is 0 Å². The van der Waals surface area contributed by atoms with Crippen LogP contribution in [-0.2, 0) is 23.3 Å². The second kappa shape index (κ2) is 8.38. The number of rotatable bonds is 6. The molecule has 2 nitrogen and oxygen atoms in total. The number of nitrogens with one attached hydrogen (secondary N) is 1. The quantitative estimate of drug-likeness (QED) is 0.741. The van der Waals surface area contributed by atoms with Crippen molar-refractivity contribution in [2.45, 2.75) is 30.6 Å². The molecule has 0 spiro atoms. The van der Waals surface area contributed by atoms with Gasteiger partial charge in [-0.25, -0.2) is 4.39 Å². The zero-order chi connectivity index (χ0) is 18.4. The van der Waals surface area contributed by atoms with E-state index < -0.39 is 11.7 Å². The summed E-state index contributed by atoms with van der Waals surface area (Å²) < 4.78 is 50.3. The molecule has 1 N–H and O–H groups in total. The zero-order valence-electron chi connectivity index (χ0n) is 13.4.